The first-order valence-electron chi connectivity index (χ1n) is 36.1. The number of allylic oxidation sites excluding steroid dienone is 2. The van der Waals surface area contributed by atoms with Crippen LogP contribution in [0.25, 0.3) is 0 Å². The smallest absolute Gasteiger partial charge is 0.303 e. The van der Waals surface area contributed by atoms with Gasteiger partial charge in [0.1, 0.15) is 54.4 Å². The van der Waals surface area contributed by atoms with E-state index in [0.717, 1.165) is 32.7 Å². The molecule has 2 aromatic rings. The molecule has 0 aliphatic carbocycles. The van der Waals surface area contributed by atoms with Crippen molar-refractivity contribution in [1.29, 1.82) is 0 Å². The van der Waals surface area contributed by atoms with E-state index in [1.165, 1.54) is 80.8 Å². The number of amides is 10. The van der Waals surface area contributed by atoms with Crippen molar-refractivity contribution in [3.63, 3.8) is 0 Å². The van der Waals surface area contributed by atoms with Gasteiger partial charge in [0.25, 0.3) is 0 Å². The molecule has 0 unspecified atom stereocenters. The molecule has 0 saturated carbocycles. The molecule has 0 aliphatic rings. The van der Waals surface area contributed by atoms with Crippen LogP contribution in [0.5, 0.6) is 0 Å². The van der Waals surface area contributed by atoms with E-state index in [4.69, 9.17) is 10.5 Å². The fraction of sp³-hybridized carbons (Fsp3) is 0.662. The Bertz CT molecular complexity index is 3110. The number of esters is 1. The highest BCUT2D eigenvalue weighted by atomic mass is 32.2. The highest BCUT2D eigenvalue weighted by Gasteiger charge is 2.47. The normalized spacial score (nSPS) is 15.2. The molecule has 102 heavy (non-hydrogen) atoms. The van der Waals surface area contributed by atoms with E-state index in [0.29, 0.717) is 5.75 Å². The number of nitrogens with zero attached hydrogens (tertiary/aromatic N) is 7. The lowest BCUT2D eigenvalue weighted by atomic mass is 9.91. The van der Waals surface area contributed by atoms with Gasteiger partial charge in [-0.15, -0.1) is 0 Å². The van der Waals surface area contributed by atoms with E-state index in [1.807, 2.05) is 122 Å². The molecule has 24 nitrogen and oxygen atoms in total. The van der Waals surface area contributed by atoms with Crippen LogP contribution in [0.4, 0.5) is 0 Å². The van der Waals surface area contributed by atoms with E-state index >= 15 is 14.4 Å². The Morgan fingerprint density at radius 3 is 1.40 bits per heavy atom. The Kier molecular flexibility index (Phi) is 38.5. The second-order valence-corrected chi connectivity index (χ2v) is 30.8. The quantitative estimate of drug-likeness (QED) is 0.0374. The Balaban J connectivity index is 2.56. The van der Waals surface area contributed by atoms with Crippen molar-refractivity contribution in [2.45, 2.75) is 235 Å². The largest absolute Gasteiger partial charge is 0.459 e. The average Bonchev–Trinajstić information content (AvgIpc) is 0.802. The molecule has 0 bridgehead atoms. The lowest BCUT2D eigenvalue weighted by Gasteiger charge is -2.42. The summed E-state index contributed by atoms with van der Waals surface area (Å²) < 4.78 is 5.97. The van der Waals surface area contributed by atoms with Crippen LogP contribution < -0.4 is 21.7 Å². The maximum Gasteiger partial charge on any atom is 0.303 e. The van der Waals surface area contributed by atoms with E-state index in [-0.39, 0.29) is 73.7 Å². The minimum absolute atomic E-state index is 0.0183. The van der Waals surface area contributed by atoms with Crippen molar-refractivity contribution in [1.82, 2.24) is 50.2 Å². The second kappa shape index (κ2) is 43.4. The summed E-state index contributed by atoms with van der Waals surface area (Å²) in [5.41, 5.74) is 8.29. The summed E-state index contributed by atoms with van der Waals surface area (Å²) >= 11 is 1.08. The molecular formula is C77H125N11O13S. The van der Waals surface area contributed by atoms with Crippen LogP contribution in [0.1, 0.15) is 167 Å². The summed E-state index contributed by atoms with van der Waals surface area (Å²) in [6.07, 6.45) is 3.60. The lowest BCUT2D eigenvalue weighted by molar-refractivity contribution is -0.164. The van der Waals surface area contributed by atoms with Gasteiger partial charge in [0.15, 0.2) is 0 Å². The standard InChI is InChI=1S/C77H125N11O13S/c1-25-27-34-52(15)67(101-54(17)89)66(88(24)76(99)65(51(13)14)87(23)74(97)62(42-49(9)10)86(22)73(96)61(41-48(7)8)85(21)71(94)57(78)43-55-35-30-28-31-36-55)70(93)80-58(26-2)72(95)82(18)44-63(90)83(19)59(39-46(3)4)69(92)81-64(50(11)12)75(98)84(20)60(40-47(5)6)68(91)79-53(16)77(100)102-45-56-37-32-29-33-38-56/h25,27-33,35-38,46-53,57-62,64-67H,26,34,39-45,78H2,1-24H3,(H,79,91)(H,80,93)(H,81,92)/b27-25+/t52-,53+,57-,58+,59+,60+,61+,62+,64+,65+,66+,67-/m1/s1. The minimum Gasteiger partial charge on any atom is -0.459 e. The SMILES string of the molecule is C/C=C/C[C@@H](C)[C@@H](OC(C)=O)[C@@H](C(=O)N[C@@H](CC)C(=O)N(C)CC(=O)N(C)[C@@H](CC(C)C)C(=O)N[C@H](C(=O)N(C)[C@@H](CC(C)C)C(=O)N[C@@H](C)C(=O)SCc1ccccc1)C(C)C)N(C)C(=O)[C@H](C(C)C)N(C)C(=O)[C@H](CC(C)C)N(C)C(=O)[C@H](CC(C)C)N(C)C(=O)[C@H](N)Cc1ccccc1. The molecule has 2 aromatic carbocycles. The van der Waals surface area contributed by atoms with Crippen LogP contribution in [0.2, 0.25) is 0 Å². The Labute approximate surface area is 613 Å². The van der Waals surface area contributed by atoms with Gasteiger partial charge in [-0.2, -0.15) is 0 Å². The zero-order chi connectivity index (χ0) is 77.9. The number of thioether (sulfide) groups is 1. The molecule has 0 fully saturated rings. The zero-order valence-electron chi connectivity index (χ0n) is 65.6. The van der Waals surface area contributed by atoms with Crippen LogP contribution in [0, 0.1) is 41.4 Å². The van der Waals surface area contributed by atoms with E-state index < -0.39 is 156 Å². The Morgan fingerprint density at radius 1 is 0.500 bits per heavy atom. The summed E-state index contributed by atoms with van der Waals surface area (Å²) in [5.74, 6) is -8.75. The number of carbonyl (C=O) groups excluding carboxylic acids is 12. The second-order valence-electron chi connectivity index (χ2n) is 29.8. The summed E-state index contributed by atoms with van der Waals surface area (Å²) in [6, 6.07) is 7.23. The fourth-order valence-electron chi connectivity index (χ4n) is 12.4. The van der Waals surface area contributed by atoms with Gasteiger partial charge >= 0.3 is 5.97 Å². The van der Waals surface area contributed by atoms with E-state index in [9.17, 15) is 43.2 Å². The topological polar surface area (TPSA) is 299 Å². The summed E-state index contributed by atoms with van der Waals surface area (Å²) in [4.78, 5) is 182. The predicted octanol–water partition coefficient (Wildman–Crippen LogP) is 7.35. The highest BCUT2D eigenvalue weighted by molar-refractivity contribution is 8.13. The first kappa shape index (κ1) is 90.4. The van der Waals surface area contributed by atoms with Crippen LogP contribution in [-0.4, -0.2) is 227 Å². The van der Waals surface area contributed by atoms with Crippen LogP contribution in [-0.2, 0) is 74.4 Å². The number of hydrogen-bond donors (Lipinski definition) is 4. The van der Waals surface area contributed by atoms with E-state index in [1.54, 1.807) is 61.5 Å². The molecule has 572 valence electrons. The molecule has 0 spiro atoms. The average molecular weight is 1440 g/mol. The monoisotopic (exact) mass is 1440 g/mol. The van der Waals surface area contributed by atoms with Gasteiger partial charge < -0.3 is 60.7 Å². The molecule has 0 heterocycles. The Morgan fingerprint density at radius 2 is 0.941 bits per heavy atom. The molecule has 25 heteroatoms. The Hall–Kier alpha value is -7.67. The third kappa shape index (κ3) is 27.5. The van der Waals surface area contributed by atoms with Gasteiger partial charge in [0, 0.05) is 62.0 Å². The first-order valence-corrected chi connectivity index (χ1v) is 37.1. The zero-order valence-corrected chi connectivity index (χ0v) is 66.4. The highest BCUT2D eigenvalue weighted by Crippen LogP contribution is 2.27. The third-order valence-corrected chi connectivity index (χ3v) is 19.5. The number of carbonyl (C=O) groups is 12. The first-order chi connectivity index (χ1) is 47.6. The van der Waals surface area contributed by atoms with Gasteiger partial charge in [-0.1, -0.05) is 182 Å². The van der Waals surface area contributed by atoms with Crippen molar-refractivity contribution >= 4 is 81.9 Å². The van der Waals surface area contributed by atoms with Crippen molar-refractivity contribution in [2.75, 3.05) is 55.9 Å². The van der Waals surface area contributed by atoms with Gasteiger partial charge in [-0.3, -0.25) is 57.5 Å². The maximum atomic E-state index is 15.5. The fourth-order valence-corrected chi connectivity index (χ4v) is 13.2. The van der Waals surface area contributed by atoms with Crippen molar-refractivity contribution in [3.05, 3.63) is 83.9 Å². The summed E-state index contributed by atoms with van der Waals surface area (Å²) in [7, 11) is 10.1. The summed E-state index contributed by atoms with van der Waals surface area (Å²) in [6.45, 7) is 29.5. The van der Waals surface area contributed by atoms with Crippen molar-refractivity contribution in [3.8, 4) is 0 Å². The number of hydrogen-bond acceptors (Lipinski definition) is 15. The molecule has 10 amide bonds. The number of benzene rings is 2. The van der Waals surface area contributed by atoms with Crippen molar-refractivity contribution < 1.29 is 62.3 Å². The van der Waals surface area contributed by atoms with Gasteiger partial charge in [-0.25, -0.2) is 0 Å². The number of rotatable bonds is 41. The molecule has 5 N–H and O–H groups in total. The van der Waals surface area contributed by atoms with Crippen molar-refractivity contribution in [2.24, 2.45) is 47.2 Å². The van der Waals surface area contributed by atoms with E-state index in [2.05, 4.69) is 16.0 Å². The minimum atomic E-state index is -1.62. The molecular weight excluding hydrogens is 1320 g/mol. The van der Waals surface area contributed by atoms with Crippen LogP contribution in [0.3, 0.4) is 0 Å². The van der Waals surface area contributed by atoms with Crippen LogP contribution in [0.15, 0.2) is 72.8 Å². The molecule has 0 aromatic heterocycles. The van der Waals surface area contributed by atoms with Crippen LogP contribution >= 0.6 is 11.8 Å². The number of likely N-dealkylation sites (N-methyl/N-ethyl adjacent to an activating group) is 7. The molecule has 0 radical (unpaired) electrons. The van der Waals surface area contributed by atoms with Gasteiger partial charge in [-0.05, 0) is 111 Å². The number of nitrogens with one attached hydrogen (secondary N) is 3. The molecule has 0 saturated heterocycles. The number of ether oxygens (including phenoxy) is 1. The lowest BCUT2D eigenvalue weighted by Crippen LogP contribution is -2.64. The molecule has 2 rings (SSSR count). The predicted molar refractivity (Wildman–Crippen MR) is 401 cm³/mol. The summed E-state index contributed by atoms with van der Waals surface area (Å²) in [5, 5.41) is 8.24. The van der Waals surface area contributed by atoms with Gasteiger partial charge in [0.2, 0.25) is 64.2 Å². The molecule has 12 atom stereocenters. The maximum absolute atomic E-state index is 15.5. The van der Waals surface area contributed by atoms with Gasteiger partial charge in [0.05, 0.1) is 18.6 Å². The molecule has 0 aliphatic heterocycles. The number of nitrogens with two attached hydrogens (primary N) is 1. The third-order valence-electron chi connectivity index (χ3n) is 18.4.